The predicted octanol–water partition coefficient (Wildman–Crippen LogP) is 16.6. The average Bonchev–Trinajstić information content (AvgIpc) is 3.36. The van der Waals surface area contributed by atoms with Crippen molar-refractivity contribution in [2.75, 3.05) is 4.90 Å². The van der Waals surface area contributed by atoms with Crippen LogP contribution in [-0.4, -0.2) is 0 Å². The molecule has 0 heterocycles. The molecule has 10 aromatic rings. The van der Waals surface area contributed by atoms with Crippen LogP contribution < -0.4 is 4.90 Å². The molecule has 0 radical (unpaired) electrons. The van der Waals surface area contributed by atoms with Gasteiger partial charge in [0.1, 0.15) is 0 Å². The molecule has 296 valence electrons. The summed E-state index contributed by atoms with van der Waals surface area (Å²) in [6.07, 6.45) is 9.15. The maximum Gasteiger partial charge on any atom is 0.0540 e. The minimum atomic E-state index is 0.183. The average molecular weight is 802 g/mol. The highest BCUT2D eigenvalue weighted by Crippen LogP contribution is 2.51. The molecule has 1 nitrogen and oxygen atoms in total. The molecular formula is C62H43N. The number of hydrogen-bond donors (Lipinski definition) is 0. The molecule has 12 rings (SSSR count). The third kappa shape index (κ3) is 6.24. The summed E-state index contributed by atoms with van der Waals surface area (Å²) < 4.78 is 0. The van der Waals surface area contributed by atoms with Crippen molar-refractivity contribution in [3.05, 3.63) is 277 Å². The molecule has 0 amide bonds. The van der Waals surface area contributed by atoms with Gasteiger partial charge in [0.05, 0.1) is 5.69 Å². The molecule has 2 unspecified atom stereocenters. The van der Waals surface area contributed by atoms with Gasteiger partial charge in [0.25, 0.3) is 0 Å². The van der Waals surface area contributed by atoms with Gasteiger partial charge >= 0.3 is 0 Å². The van der Waals surface area contributed by atoms with Crippen LogP contribution in [0.1, 0.15) is 28.2 Å². The van der Waals surface area contributed by atoms with Crippen LogP contribution in [0, 0.1) is 5.92 Å². The van der Waals surface area contributed by atoms with Crippen LogP contribution >= 0.6 is 0 Å². The van der Waals surface area contributed by atoms with E-state index in [2.05, 4.69) is 254 Å². The highest BCUT2D eigenvalue weighted by atomic mass is 15.1. The zero-order valence-electron chi connectivity index (χ0n) is 34.8. The molecule has 0 N–H and O–H groups in total. The van der Waals surface area contributed by atoms with E-state index in [9.17, 15) is 0 Å². The maximum absolute atomic E-state index is 2.43. The Morgan fingerprint density at radius 1 is 0.365 bits per heavy atom. The Kier molecular flexibility index (Phi) is 9.04. The van der Waals surface area contributed by atoms with Gasteiger partial charge in [0, 0.05) is 28.6 Å². The van der Waals surface area contributed by atoms with Gasteiger partial charge in [-0.25, -0.2) is 0 Å². The fourth-order valence-corrected chi connectivity index (χ4v) is 10.6. The minimum absolute atomic E-state index is 0.183. The highest BCUT2D eigenvalue weighted by molar-refractivity contribution is 6.21. The standard InChI is InChI=1S/C62H43N/c1-3-19-43(20-4-1)59-50-25-9-13-29-54(50)61(55-30-14-10-26-51(55)59)45-34-38-47(39-35-45)63(58-33-17-23-42-18-7-8-24-49(42)58)48-40-36-46(37-41-48)62-56-31-15-11-27-52(56)60(44-21-5-2-6-22-44)53-28-12-16-32-57(53)62/h1-41,54,61H. The molecule has 0 saturated heterocycles. The Hall–Kier alpha value is -8.00. The summed E-state index contributed by atoms with van der Waals surface area (Å²) >= 11 is 0. The van der Waals surface area contributed by atoms with Crippen LogP contribution in [0.15, 0.2) is 254 Å². The van der Waals surface area contributed by atoms with E-state index in [1.165, 1.54) is 88.0 Å². The largest absolute Gasteiger partial charge is 0.310 e. The Balaban J connectivity index is 0.987. The van der Waals surface area contributed by atoms with E-state index in [1.54, 1.807) is 0 Å². The van der Waals surface area contributed by atoms with Crippen LogP contribution in [0.25, 0.3) is 60.1 Å². The molecule has 0 aliphatic heterocycles. The summed E-state index contributed by atoms with van der Waals surface area (Å²) in [4.78, 5) is 2.43. The lowest BCUT2D eigenvalue weighted by molar-refractivity contribution is 0.649. The molecule has 0 aromatic heterocycles. The number of rotatable bonds is 7. The molecule has 0 saturated carbocycles. The Morgan fingerprint density at radius 2 is 0.873 bits per heavy atom. The van der Waals surface area contributed by atoms with E-state index in [-0.39, 0.29) is 11.8 Å². The normalized spacial score (nSPS) is 15.4. The van der Waals surface area contributed by atoms with Crippen LogP contribution in [0.3, 0.4) is 0 Å². The molecule has 2 aliphatic rings. The Morgan fingerprint density at radius 3 is 1.52 bits per heavy atom. The number of benzene rings is 10. The van der Waals surface area contributed by atoms with Gasteiger partial charge in [-0.3, -0.25) is 0 Å². The minimum Gasteiger partial charge on any atom is -0.310 e. The lowest BCUT2D eigenvalue weighted by Gasteiger charge is -2.37. The second-order valence-electron chi connectivity index (χ2n) is 16.7. The number of fused-ring (bicyclic) bond motifs is 5. The van der Waals surface area contributed by atoms with Crippen molar-refractivity contribution in [3.8, 4) is 22.3 Å². The fraction of sp³-hybridized carbons (Fsp3) is 0.0323. The monoisotopic (exact) mass is 801 g/mol. The summed E-state index contributed by atoms with van der Waals surface area (Å²) in [6, 6.07) is 82.5. The summed E-state index contributed by atoms with van der Waals surface area (Å²) in [5, 5.41) is 7.47. The fourth-order valence-electron chi connectivity index (χ4n) is 10.6. The highest BCUT2D eigenvalue weighted by Gasteiger charge is 2.35. The second-order valence-corrected chi connectivity index (χ2v) is 16.7. The zero-order valence-corrected chi connectivity index (χ0v) is 34.8. The molecule has 2 atom stereocenters. The van der Waals surface area contributed by atoms with E-state index in [0.29, 0.717) is 0 Å². The van der Waals surface area contributed by atoms with Crippen molar-refractivity contribution >= 4 is 55.0 Å². The Bertz CT molecular complexity index is 3370. The first kappa shape index (κ1) is 36.8. The van der Waals surface area contributed by atoms with E-state index in [4.69, 9.17) is 0 Å². The van der Waals surface area contributed by atoms with Crippen molar-refractivity contribution in [2.24, 2.45) is 5.92 Å². The smallest absolute Gasteiger partial charge is 0.0540 e. The summed E-state index contributed by atoms with van der Waals surface area (Å²) in [7, 11) is 0. The third-order valence-corrected chi connectivity index (χ3v) is 13.3. The van der Waals surface area contributed by atoms with Crippen molar-refractivity contribution in [1.29, 1.82) is 0 Å². The van der Waals surface area contributed by atoms with Crippen LogP contribution in [-0.2, 0) is 0 Å². The lowest BCUT2D eigenvalue weighted by Crippen LogP contribution is -2.23. The first-order chi connectivity index (χ1) is 31.3. The molecular weight excluding hydrogens is 759 g/mol. The van der Waals surface area contributed by atoms with Gasteiger partial charge in [-0.05, 0) is 113 Å². The Labute approximate surface area is 368 Å². The van der Waals surface area contributed by atoms with Crippen LogP contribution in [0.2, 0.25) is 0 Å². The molecule has 0 spiro atoms. The van der Waals surface area contributed by atoms with E-state index in [0.717, 1.165) is 17.1 Å². The van der Waals surface area contributed by atoms with E-state index >= 15 is 0 Å². The van der Waals surface area contributed by atoms with Crippen molar-refractivity contribution in [1.82, 2.24) is 0 Å². The van der Waals surface area contributed by atoms with E-state index in [1.807, 2.05) is 0 Å². The van der Waals surface area contributed by atoms with Crippen molar-refractivity contribution in [2.45, 2.75) is 5.92 Å². The first-order valence-corrected chi connectivity index (χ1v) is 22.0. The molecule has 0 bridgehead atoms. The summed E-state index contributed by atoms with van der Waals surface area (Å²) in [6.45, 7) is 0. The second kappa shape index (κ2) is 15.5. The zero-order chi connectivity index (χ0) is 41.7. The summed E-state index contributed by atoms with van der Waals surface area (Å²) in [5.74, 6) is 0.406. The third-order valence-electron chi connectivity index (χ3n) is 13.3. The maximum atomic E-state index is 2.43. The number of allylic oxidation sites excluding steroid dienone is 5. The molecule has 1 heteroatoms. The van der Waals surface area contributed by atoms with Gasteiger partial charge in [0.2, 0.25) is 0 Å². The van der Waals surface area contributed by atoms with Crippen molar-refractivity contribution in [3.63, 3.8) is 0 Å². The van der Waals surface area contributed by atoms with Gasteiger partial charge < -0.3 is 4.90 Å². The SMILES string of the molecule is C1=CC2=C(c3ccccc3)c3ccccc3C(c3ccc(N(c4ccc(-c5c6ccccc6c(-c6ccccc6)c6ccccc56)cc4)c4cccc5ccccc45)cc3)C2C=C1. The summed E-state index contributed by atoms with van der Waals surface area (Å²) in [5.41, 5.74) is 16.3. The van der Waals surface area contributed by atoms with Gasteiger partial charge in [0.15, 0.2) is 0 Å². The molecule has 0 fully saturated rings. The lowest BCUT2D eigenvalue weighted by atomic mass is 9.66. The van der Waals surface area contributed by atoms with Crippen LogP contribution in [0.5, 0.6) is 0 Å². The molecule has 2 aliphatic carbocycles. The number of anilines is 3. The number of nitrogens with zero attached hydrogens (tertiary/aromatic N) is 1. The molecule has 10 aromatic carbocycles. The quantitative estimate of drug-likeness (QED) is 0.145. The number of hydrogen-bond acceptors (Lipinski definition) is 1. The van der Waals surface area contributed by atoms with Gasteiger partial charge in [-0.15, -0.1) is 0 Å². The predicted molar refractivity (Wildman–Crippen MR) is 267 cm³/mol. The first-order valence-electron chi connectivity index (χ1n) is 22.0. The van der Waals surface area contributed by atoms with E-state index < -0.39 is 0 Å². The topological polar surface area (TPSA) is 3.24 Å². The van der Waals surface area contributed by atoms with Crippen LogP contribution in [0.4, 0.5) is 17.1 Å². The van der Waals surface area contributed by atoms with Gasteiger partial charge in [-0.2, -0.15) is 0 Å². The molecule has 63 heavy (non-hydrogen) atoms. The van der Waals surface area contributed by atoms with Crippen molar-refractivity contribution < 1.29 is 0 Å². The van der Waals surface area contributed by atoms with Gasteiger partial charge in [-0.1, -0.05) is 218 Å².